The topological polar surface area (TPSA) is 21.7 Å². The van der Waals surface area contributed by atoms with Crippen molar-refractivity contribution in [1.29, 1.82) is 0 Å². The van der Waals surface area contributed by atoms with Crippen LogP contribution in [0.1, 0.15) is 59.3 Å². The maximum atomic E-state index is 6.77. The summed E-state index contributed by atoms with van der Waals surface area (Å²) in [5.41, 5.74) is 0. The standard InChI is InChI=1S/C6H12NO2.3C4H9.Sn/c8-4-1-7-2-5-9-6-3-7;3*1-3-4-2;/h1-6H2;3*1,3-4H2,2H3;/q-1;;;;+1. The Labute approximate surface area is 143 Å². The third-order valence-corrected chi connectivity index (χ3v) is 18.0. The zero-order chi connectivity index (χ0) is 16.1. The van der Waals surface area contributed by atoms with E-state index in [0.717, 1.165) is 39.5 Å². The van der Waals surface area contributed by atoms with Crippen molar-refractivity contribution >= 4 is 18.8 Å². The van der Waals surface area contributed by atoms with E-state index in [1.165, 1.54) is 51.8 Å². The molecule has 0 bridgehead atoms. The SMILES string of the molecule is CCC[CH2][Sn]([CH2]CCC)([CH2]CCC)[O]CCN1CCOCC1. The van der Waals surface area contributed by atoms with Gasteiger partial charge in [-0.15, -0.1) is 0 Å². The van der Waals surface area contributed by atoms with Crippen molar-refractivity contribution in [3.63, 3.8) is 0 Å². The summed E-state index contributed by atoms with van der Waals surface area (Å²) in [4.78, 5) is 2.51. The molecular formula is C18H39NO2Sn. The number of morpholine rings is 1. The van der Waals surface area contributed by atoms with Crippen LogP contribution in [0.3, 0.4) is 0 Å². The van der Waals surface area contributed by atoms with Gasteiger partial charge < -0.3 is 0 Å². The van der Waals surface area contributed by atoms with Crippen molar-refractivity contribution in [2.75, 3.05) is 39.5 Å². The van der Waals surface area contributed by atoms with E-state index in [4.69, 9.17) is 7.81 Å². The van der Waals surface area contributed by atoms with Crippen LogP contribution >= 0.6 is 0 Å². The second-order valence-corrected chi connectivity index (χ2v) is 18.7. The summed E-state index contributed by atoms with van der Waals surface area (Å²) in [6.07, 6.45) is 8.14. The molecule has 0 aliphatic carbocycles. The van der Waals surface area contributed by atoms with E-state index in [1.807, 2.05) is 0 Å². The number of nitrogens with zero attached hydrogens (tertiary/aromatic N) is 1. The van der Waals surface area contributed by atoms with E-state index in [2.05, 4.69) is 25.7 Å². The summed E-state index contributed by atoms with van der Waals surface area (Å²) in [6, 6.07) is 0. The van der Waals surface area contributed by atoms with Gasteiger partial charge in [0.25, 0.3) is 0 Å². The first kappa shape index (κ1) is 20.7. The Hall–Kier alpha value is 0.679. The molecule has 1 saturated heterocycles. The Balaban J connectivity index is 2.47. The minimum atomic E-state index is -2.34. The predicted molar refractivity (Wildman–Crippen MR) is 98.1 cm³/mol. The van der Waals surface area contributed by atoms with E-state index in [9.17, 15) is 0 Å². The van der Waals surface area contributed by atoms with Crippen molar-refractivity contribution in [1.82, 2.24) is 4.90 Å². The molecule has 1 fully saturated rings. The van der Waals surface area contributed by atoms with Crippen molar-refractivity contribution in [3.05, 3.63) is 0 Å². The summed E-state index contributed by atoms with van der Waals surface area (Å²) in [5.74, 6) is 0. The van der Waals surface area contributed by atoms with Gasteiger partial charge in [0.05, 0.1) is 0 Å². The summed E-state index contributed by atoms with van der Waals surface area (Å²) in [7, 11) is 0. The van der Waals surface area contributed by atoms with Gasteiger partial charge in [-0.25, -0.2) is 0 Å². The Morgan fingerprint density at radius 1 is 0.864 bits per heavy atom. The van der Waals surface area contributed by atoms with E-state index in [1.54, 1.807) is 0 Å². The van der Waals surface area contributed by atoms with Crippen LogP contribution in [0.25, 0.3) is 0 Å². The maximum absolute atomic E-state index is 6.77. The summed E-state index contributed by atoms with van der Waals surface area (Å²) in [5, 5.41) is 0. The molecule has 0 amide bonds. The number of rotatable bonds is 13. The van der Waals surface area contributed by atoms with Crippen LogP contribution in [0.15, 0.2) is 0 Å². The van der Waals surface area contributed by atoms with Crippen LogP contribution in [-0.2, 0) is 7.81 Å². The Kier molecular flexibility index (Phi) is 12.3. The summed E-state index contributed by atoms with van der Waals surface area (Å²) in [6.45, 7) is 13.0. The van der Waals surface area contributed by atoms with Gasteiger partial charge in [0, 0.05) is 0 Å². The number of hydrogen-bond acceptors (Lipinski definition) is 3. The fourth-order valence-electron chi connectivity index (χ4n) is 3.30. The molecule has 4 heteroatoms. The Morgan fingerprint density at radius 2 is 1.36 bits per heavy atom. The van der Waals surface area contributed by atoms with Gasteiger partial charge in [0.1, 0.15) is 0 Å². The molecule has 22 heavy (non-hydrogen) atoms. The van der Waals surface area contributed by atoms with Crippen LogP contribution in [0, 0.1) is 0 Å². The molecule has 0 aromatic carbocycles. The van der Waals surface area contributed by atoms with Crippen molar-refractivity contribution < 1.29 is 7.81 Å². The van der Waals surface area contributed by atoms with Crippen LogP contribution in [0.2, 0.25) is 13.3 Å². The molecule has 0 atom stereocenters. The van der Waals surface area contributed by atoms with E-state index < -0.39 is 18.8 Å². The zero-order valence-corrected chi connectivity index (χ0v) is 18.2. The second kappa shape index (κ2) is 13.0. The second-order valence-electron chi connectivity index (χ2n) is 6.80. The minimum absolute atomic E-state index is 0.899. The van der Waals surface area contributed by atoms with Crippen molar-refractivity contribution in [3.8, 4) is 0 Å². The number of unbranched alkanes of at least 4 members (excludes halogenated alkanes) is 3. The molecule has 1 heterocycles. The molecule has 1 rings (SSSR count). The van der Waals surface area contributed by atoms with E-state index in [0.29, 0.717) is 0 Å². The van der Waals surface area contributed by atoms with Gasteiger partial charge in [-0.2, -0.15) is 0 Å². The van der Waals surface area contributed by atoms with Crippen molar-refractivity contribution in [2.45, 2.75) is 72.6 Å². The molecular weight excluding hydrogens is 381 g/mol. The molecule has 0 N–H and O–H groups in total. The third-order valence-electron chi connectivity index (χ3n) is 4.88. The van der Waals surface area contributed by atoms with Gasteiger partial charge in [-0.1, -0.05) is 0 Å². The molecule has 1 aliphatic heterocycles. The molecule has 0 unspecified atom stereocenters. The van der Waals surface area contributed by atoms with E-state index in [-0.39, 0.29) is 0 Å². The Bertz CT molecular complexity index is 236. The van der Waals surface area contributed by atoms with Gasteiger partial charge in [-0.05, 0) is 0 Å². The molecule has 1 aliphatic rings. The van der Waals surface area contributed by atoms with E-state index >= 15 is 0 Å². The van der Waals surface area contributed by atoms with Crippen LogP contribution < -0.4 is 0 Å². The third kappa shape index (κ3) is 8.51. The first-order valence-corrected chi connectivity index (χ1v) is 16.9. The van der Waals surface area contributed by atoms with Crippen LogP contribution in [-0.4, -0.2) is 63.1 Å². The van der Waals surface area contributed by atoms with Gasteiger partial charge >= 0.3 is 144 Å². The average Bonchev–Trinajstić information content (AvgIpc) is 2.57. The first-order chi connectivity index (χ1) is 10.8. The van der Waals surface area contributed by atoms with Crippen molar-refractivity contribution in [2.24, 2.45) is 0 Å². The quantitative estimate of drug-likeness (QED) is 0.404. The summed E-state index contributed by atoms with van der Waals surface area (Å²) < 4.78 is 16.6. The number of ether oxygens (including phenoxy) is 1. The zero-order valence-electron chi connectivity index (χ0n) is 15.4. The molecule has 3 nitrogen and oxygen atoms in total. The molecule has 0 radical (unpaired) electrons. The molecule has 132 valence electrons. The predicted octanol–water partition coefficient (Wildman–Crippen LogP) is 4.68. The number of hydrogen-bond donors (Lipinski definition) is 0. The average molecular weight is 420 g/mol. The fraction of sp³-hybridized carbons (Fsp3) is 1.00. The Morgan fingerprint density at radius 3 is 1.82 bits per heavy atom. The fourth-order valence-corrected chi connectivity index (χ4v) is 16.7. The molecule has 0 spiro atoms. The van der Waals surface area contributed by atoms with Gasteiger partial charge in [0.2, 0.25) is 0 Å². The van der Waals surface area contributed by atoms with Crippen LogP contribution in [0.5, 0.6) is 0 Å². The van der Waals surface area contributed by atoms with Gasteiger partial charge in [0.15, 0.2) is 0 Å². The van der Waals surface area contributed by atoms with Gasteiger partial charge in [-0.3, -0.25) is 0 Å². The molecule has 0 aromatic heterocycles. The monoisotopic (exact) mass is 421 g/mol. The molecule has 0 aromatic rings. The normalized spacial score (nSPS) is 17.0. The first-order valence-electron chi connectivity index (χ1n) is 9.70. The van der Waals surface area contributed by atoms with Crippen LogP contribution in [0.4, 0.5) is 0 Å². The molecule has 0 saturated carbocycles. The summed E-state index contributed by atoms with van der Waals surface area (Å²) >= 11 is -2.34.